The highest BCUT2D eigenvalue weighted by molar-refractivity contribution is 4.80. The van der Waals surface area contributed by atoms with Crippen LogP contribution >= 0.6 is 0 Å². The van der Waals surface area contributed by atoms with E-state index in [-0.39, 0.29) is 6.29 Å². The molecule has 0 saturated carbocycles. The Balaban J connectivity index is 2.38. The molecular weight excluding hydrogens is 242 g/mol. The van der Waals surface area contributed by atoms with Crippen molar-refractivity contribution >= 4 is 0 Å². The van der Waals surface area contributed by atoms with E-state index in [1.807, 2.05) is 0 Å². The summed E-state index contributed by atoms with van der Waals surface area (Å²) in [4.78, 5) is 5.01. The summed E-state index contributed by atoms with van der Waals surface area (Å²) in [6, 6.07) is 0.353. The summed E-state index contributed by atoms with van der Waals surface area (Å²) in [5, 5.41) is 0. The molecule has 1 saturated heterocycles. The number of nitrogens with zero attached hydrogens (tertiary/aromatic N) is 2. The number of ether oxygens (including phenoxy) is 2. The van der Waals surface area contributed by atoms with E-state index in [1.165, 1.54) is 6.54 Å². The predicted octanol–water partition coefficient (Wildman–Crippen LogP) is 0.596. The molecule has 1 atom stereocenters. The van der Waals surface area contributed by atoms with E-state index < -0.39 is 0 Å². The maximum Gasteiger partial charge on any atom is 0.158 e. The Hall–Kier alpha value is -0.200. The van der Waals surface area contributed by atoms with Crippen molar-refractivity contribution in [3.05, 3.63) is 0 Å². The average Bonchev–Trinajstić information content (AvgIpc) is 2.41. The third-order valence-electron chi connectivity index (χ3n) is 3.81. The highest BCUT2D eigenvalue weighted by Crippen LogP contribution is 2.13. The summed E-state index contributed by atoms with van der Waals surface area (Å²) in [6.07, 6.45) is 0.690. The summed E-state index contributed by atoms with van der Waals surface area (Å²) in [6.45, 7) is 10.9. The number of methoxy groups -OCH3 is 2. The second kappa shape index (κ2) is 8.87. The highest BCUT2D eigenvalue weighted by atomic mass is 16.7. The second-order valence-corrected chi connectivity index (χ2v) is 5.76. The number of rotatable bonds is 8. The first-order valence-corrected chi connectivity index (χ1v) is 7.32. The molecule has 1 unspecified atom stereocenters. The fourth-order valence-electron chi connectivity index (χ4n) is 2.73. The van der Waals surface area contributed by atoms with Gasteiger partial charge in [-0.2, -0.15) is 0 Å². The molecule has 0 aromatic rings. The van der Waals surface area contributed by atoms with Crippen LogP contribution in [0.2, 0.25) is 0 Å². The molecule has 1 rings (SSSR count). The lowest BCUT2D eigenvalue weighted by Gasteiger charge is -2.40. The molecule has 1 fully saturated rings. The SMILES string of the molecule is COC(CC(CN)N1CCN(CC(C)C)CC1)OC. The molecule has 0 radical (unpaired) electrons. The number of hydrogen-bond acceptors (Lipinski definition) is 5. The van der Waals surface area contributed by atoms with E-state index >= 15 is 0 Å². The fraction of sp³-hybridized carbons (Fsp3) is 1.00. The Morgan fingerprint density at radius 2 is 1.63 bits per heavy atom. The Morgan fingerprint density at radius 3 is 2.05 bits per heavy atom. The Labute approximate surface area is 118 Å². The summed E-state index contributed by atoms with van der Waals surface area (Å²) in [5.41, 5.74) is 5.91. The third-order valence-corrected chi connectivity index (χ3v) is 3.81. The molecule has 2 N–H and O–H groups in total. The first-order chi connectivity index (χ1) is 9.10. The van der Waals surface area contributed by atoms with Gasteiger partial charge >= 0.3 is 0 Å². The topological polar surface area (TPSA) is 51.0 Å². The highest BCUT2D eigenvalue weighted by Gasteiger charge is 2.25. The van der Waals surface area contributed by atoms with Gasteiger partial charge in [0, 0.05) is 66.0 Å². The van der Waals surface area contributed by atoms with Gasteiger partial charge in [-0.05, 0) is 5.92 Å². The van der Waals surface area contributed by atoms with Gasteiger partial charge in [0.25, 0.3) is 0 Å². The maximum atomic E-state index is 5.91. The van der Waals surface area contributed by atoms with Crippen LogP contribution in [-0.4, -0.2) is 75.6 Å². The number of nitrogens with two attached hydrogens (primary N) is 1. The van der Waals surface area contributed by atoms with Crippen LogP contribution in [0.25, 0.3) is 0 Å². The van der Waals surface area contributed by atoms with E-state index in [4.69, 9.17) is 15.2 Å². The standard InChI is InChI=1S/C14H31N3O2/c1-12(2)11-16-5-7-17(8-6-16)13(10-15)9-14(18-3)19-4/h12-14H,5-11,15H2,1-4H3. The summed E-state index contributed by atoms with van der Waals surface area (Å²) >= 11 is 0. The van der Waals surface area contributed by atoms with Crippen LogP contribution in [0.15, 0.2) is 0 Å². The van der Waals surface area contributed by atoms with Crippen LogP contribution in [0, 0.1) is 5.92 Å². The molecule has 0 aromatic heterocycles. The molecule has 1 aliphatic rings. The summed E-state index contributed by atoms with van der Waals surface area (Å²) in [7, 11) is 3.37. The fourth-order valence-corrected chi connectivity index (χ4v) is 2.73. The van der Waals surface area contributed by atoms with Crippen molar-refractivity contribution in [1.29, 1.82) is 0 Å². The van der Waals surface area contributed by atoms with Crippen molar-refractivity contribution in [1.82, 2.24) is 9.80 Å². The monoisotopic (exact) mass is 273 g/mol. The van der Waals surface area contributed by atoms with E-state index in [9.17, 15) is 0 Å². The largest absolute Gasteiger partial charge is 0.356 e. The van der Waals surface area contributed by atoms with Gasteiger partial charge in [-0.3, -0.25) is 4.90 Å². The Morgan fingerprint density at radius 1 is 1.05 bits per heavy atom. The van der Waals surface area contributed by atoms with Gasteiger partial charge in [-0.1, -0.05) is 13.8 Å². The predicted molar refractivity (Wildman–Crippen MR) is 78.1 cm³/mol. The zero-order valence-electron chi connectivity index (χ0n) is 13.0. The lowest BCUT2D eigenvalue weighted by atomic mass is 10.1. The van der Waals surface area contributed by atoms with Gasteiger partial charge in [0.05, 0.1) is 0 Å². The average molecular weight is 273 g/mol. The maximum absolute atomic E-state index is 5.91. The van der Waals surface area contributed by atoms with Crippen LogP contribution in [0.4, 0.5) is 0 Å². The number of piperazine rings is 1. The minimum atomic E-state index is -0.151. The molecule has 19 heavy (non-hydrogen) atoms. The molecule has 1 heterocycles. The van der Waals surface area contributed by atoms with Crippen molar-refractivity contribution < 1.29 is 9.47 Å². The van der Waals surface area contributed by atoms with Crippen LogP contribution in [0.3, 0.4) is 0 Å². The molecule has 0 bridgehead atoms. The van der Waals surface area contributed by atoms with Crippen molar-refractivity contribution in [3.63, 3.8) is 0 Å². The van der Waals surface area contributed by atoms with Gasteiger partial charge in [0.15, 0.2) is 6.29 Å². The van der Waals surface area contributed by atoms with Crippen molar-refractivity contribution in [2.45, 2.75) is 32.6 Å². The van der Waals surface area contributed by atoms with Gasteiger partial charge in [-0.15, -0.1) is 0 Å². The minimum Gasteiger partial charge on any atom is -0.356 e. The van der Waals surface area contributed by atoms with Gasteiger partial charge in [-0.25, -0.2) is 0 Å². The third kappa shape index (κ3) is 5.75. The Kier molecular flexibility index (Phi) is 7.87. The van der Waals surface area contributed by atoms with Crippen LogP contribution < -0.4 is 5.73 Å². The molecule has 1 aliphatic heterocycles. The van der Waals surface area contributed by atoms with E-state index in [0.717, 1.165) is 38.5 Å². The molecule has 114 valence electrons. The number of hydrogen-bond donors (Lipinski definition) is 1. The van der Waals surface area contributed by atoms with Crippen molar-refractivity contribution in [3.8, 4) is 0 Å². The Bertz CT molecular complexity index is 227. The normalized spacial score (nSPS) is 20.4. The minimum absolute atomic E-state index is 0.151. The molecular formula is C14H31N3O2. The molecule has 5 nitrogen and oxygen atoms in total. The smallest absolute Gasteiger partial charge is 0.158 e. The molecule has 0 amide bonds. The van der Waals surface area contributed by atoms with E-state index in [2.05, 4.69) is 23.6 Å². The summed E-state index contributed by atoms with van der Waals surface area (Å²) < 4.78 is 10.6. The van der Waals surface area contributed by atoms with E-state index in [1.54, 1.807) is 14.2 Å². The van der Waals surface area contributed by atoms with E-state index in [0.29, 0.717) is 12.6 Å². The van der Waals surface area contributed by atoms with Gasteiger partial charge in [0.1, 0.15) is 0 Å². The van der Waals surface area contributed by atoms with Crippen LogP contribution in [0.5, 0.6) is 0 Å². The zero-order valence-corrected chi connectivity index (χ0v) is 13.0. The molecule has 5 heteroatoms. The van der Waals surface area contributed by atoms with Crippen molar-refractivity contribution in [2.24, 2.45) is 11.7 Å². The molecule has 0 aromatic carbocycles. The first kappa shape index (κ1) is 16.9. The second-order valence-electron chi connectivity index (χ2n) is 5.76. The van der Waals surface area contributed by atoms with Gasteiger partial charge < -0.3 is 20.1 Å². The van der Waals surface area contributed by atoms with Crippen LogP contribution in [-0.2, 0) is 9.47 Å². The van der Waals surface area contributed by atoms with Gasteiger partial charge in [0.2, 0.25) is 0 Å². The zero-order chi connectivity index (χ0) is 14.3. The molecule has 0 spiro atoms. The summed E-state index contributed by atoms with van der Waals surface area (Å²) in [5.74, 6) is 0.739. The van der Waals surface area contributed by atoms with Crippen molar-refractivity contribution in [2.75, 3.05) is 53.5 Å². The lowest BCUT2D eigenvalue weighted by molar-refractivity contribution is -0.118. The quantitative estimate of drug-likeness (QED) is 0.656. The lowest BCUT2D eigenvalue weighted by Crippen LogP contribution is -2.53. The first-order valence-electron chi connectivity index (χ1n) is 7.32. The van der Waals surface area contributed by atoms with Crippen LogP contribution in [0.1, 0.15) is 20.3 Å². The molecule has 0 aliphatic carbocycles.